The summed E-state index contributed by atoms with van der Waals surface area (Å²) in [4.78, 5) is 14.5. The van der Waals surface area contributed by atoms with E-state index in [4.69, 9.17) is 4.74 Å². The van der Waals surface area contributed by atoms with Gasteiger partial charge in [0.15, 0.2) is 17.3 Å². The minimum atomic E-state index is -0.439. The molecule has 0 saturated carbocycles. The molecule has 0 unspecified atom stereocenters. The lowest BCUT2D eigenvalue weighted by Crippen LogP contribution is -1.93. The summed E-state index contributed by atoms with van der Waals surface area (Å²) in [6, 6.07) is 2.89. The number of ether oxygens (including phenoxy) is 1. The van der Waals surface area contributed by atoms with Crippen molar-refractivity contribution < 1.29 is 13.9 Å². The molecule has 0 fully saturated rings. The van der Waals surface area contributed by atoms with Crippen LogP contribution in [0.2, 0.25) is 0 Å². The summed E-state index contributed by atoms with van der Waals surface area (Å²) < 4.78 is 18.3. The number of carbonyl (C=O) groups is 1. The van der Waals surface area contributed by atoms with Crippen molar-refractivity contribution in [3.05, 3.63) is 29.2 Å². The molecule has 0 spiro atoms. The molecule has 2 aromatic rings. The zero-order valence-corrected chi connectivity index (χ0v) is 9.35. The van der Waals surface area contributed by atoms with Crippen molar-refractivity contribution in [3.8, 4) is 5.75 Å². The van der Waals surface area contributed by atoms with Crippen LogP contribution in [0.15, 0.2) is 12.1 Å². The first kappa shape index (κ1) is 10.7. The van der Waals surface area contributed by atoms with Gasteiger partial charge in [-0.05, 0) is 19.9 Å². The number of aromatic amines is 1. The first-order valence-corrected chi connectivity index (χ1v) is 4.91. The van der Waals surface area contributed by atoms with Gasteiger partial charge in [0.2, 0.25) is 0 Å². The zero-order chi connectivity index (χ0) is 11.9. The van der Waals surface area contributed by atoms with Crippen LogP contribution in [0.4, 0.5) is 4.39 Å². The quantitative estimate of drug-likeness (QED) is 0.792. The van der Waals surface area contributed by atoms with E-state index < -0.39 is 5.82 Å². The molecule has 1 N–H and O–H groups in total. The second kappa shape index (κ2) is 3.63. The number of hydrogen-bond acceptors (Lipinski definition) is 2. The standard InChI is InChI=1S/C12H12FNO2/c1-6-12(7(2)15)8-4-11(16-3)9(13)5-10(8)14-6/h4-5,14H,1-3H3. The number of carbonyl (C=O) groups excluding carboxylic acids is 1. The Morgan fingerprint density at radius 3 is 2.69 bits per heavy atom. The van der Waals surface area contributed by atoms with E-state index >= 15 is 0 Å². The Hall–Kier alpha value is -1.84. The fourth-order valence-electron chi connectivity index (χ4n) is 1.94. The maximum Gasteiger partial charge on any atom is 0.167 e. The lowest BCUT2D eigenvalue weighted by atomic mass is 10.1. The molecule has 0 atom stereocenters. The minimum absolute atomic E-state index is 0.0441. The van der Waals surface area contributed by atoms with E-state index in [1.54, 1.807) is 13.0 Å². The molecule has 0 saturated heterocycles. The second-order valence-corrected chi connectivity index (χ2v) is 3.71. The zero-order valence-electron chi connectivity index (χ0n) is 9.35. The number of H-pyrrole nitrogens is 1. The highest BCUT2D eigenvalue weighted by Crippen LogP contribution is 2.29. The van der Waals surface area contributed by atoms with Gasteiger partial charge in [0, 0.05) is 28.2 Å². The van der Waals surface area contributed by atoms with E-state index in [-0.39, 0.29) is 11.5 Å². The topological polar surface area (TPSA) is 42.1 Å². The van der Waals surface area contributed by atoms with Crippen molar-refractivity contribution in [2.75, 3.05) is 7.11 Å². The van der Waals surface area contributed by atoms with Crippen molar-refractivity contribution in [1.82, 2.24) is 4.98 Å². The number of halogens is 1. The highest BCUT2D eigenvalue weighted by Gasteiger charge is 2.15. The minimum Gasteiger partial charge on any atom is -0.494 e. The number of aryl methyl sites for hydroxylation is 1. The van der Waals surface area contributed by atoms with E-state index in [0.717, 1.165) is 5.69 Å². The number of ketones is 1. The van der Waals surface area contributed by atoms with Gasteiger partial charge in [-0.2, -0.15) is 0 Å². The lowest BCUT2D eigenvalue weighted by molar-refractivity contribution is 0.101. The summed E-state index contributed by atoms with van der Waals surface area (Å²) in [5, 5.41) is 0.697. The summed E-state index contributed by atoms with van der Waals surface area (Å²) in [6.07, 6.45) is 0. The van der Waals surface area contributed by atoms with Crippen LogP contribution in [0.1, 0.15) is 23.0 Å². The third-order valence-corrected chi connectivity index (χ3v) is 2.61. The van der Waals surface area contributed by atoms with E-state index in [0.29, 0.717) is 16.5 Å². The van der Waals surface area contributed by atoms with Crippen LogP contribution >= 0.6 is 0 Å². The van der Waals surface area contributed by atoms with E-state index in [2.05, 4.69) is 4.98 Å². The Balaban J connectivity index is 2.82. The fraction of sp³-hybridized carbons (Fsp3) is 0.250. The van der Waals surface area contributed by atoms with Crippen LogP contribution in [-0.4, -0.2) is 17.9 Å². The molecule has 0 aliphatic carbocycles. The van der Waals surface area contributed by atoms with Crippen LogP contribution in [0.25, 0.3) is 10.9 Å². The Morgan fingerprint density at radius 2 is 2.12 bits per heavy atom. The molecule has 0 aliphatic rings. The molecule has 1 aromatic carbocycles. The number of Topliss-reactive ketones (excluding diaryl/α,β-unsaturated/α-hetero) is 1. The van der Waals surface area contributed by atoms with Gasteiger partial charge in [-0.15, -0.1) is 0 Å². The largest absolute Gasteiger partial charge is 0.494 e. The van der Waals surface area contributed by atoms with E-state index in [1.807, 2.05) is 0 Å². The highest BCUT2D eigenvalue weighted by atomic mass is 19.1. The van der Waals surface area contributed by atoms with Crippen LogP contribution in [0.3, 0.4) is 0 Å². The predicted molar refractivity (Wildman–Crippen MR) is 59.6 cm³/mol. The second-order valence-electron chi connectivity index (χ2n) is 3.71. The van der Waals surface area contributed by atoms with Gasteiger partial charge >= 0.3 is 0 Å². The lowest BCUT2D eigenvalue weighted by Gasteiger charge is -2.02. The van der Waals surface area contributed by atoms with E-state index in [1.165, 1.54) is 20.1 Å². The van der Waals surface area contributed by atoms with Gasteiger partial charge in [-0.3, -0.25) is 4.79 Å². The summed E-state index contributed by atoms with van der Waals surface area (Å²) in [7, 11) is 1.40. The van der Waals surface area contributed by atoms with Crippen LogP contribution < -0.4 is 4.74 Å². The first-order chi connectivity index (χ1) is 7.54. The van der Waals surface area contributed by atoms with E-state index in [9.17, 15) is 9.18 Å². The van der Waals surface area contributed by atoms with Crippen LogP contribution in [-0.2, 0) is 0 Å². The molecule has 0 aliphatic heterocycles. The van der Waals surface area contributed by atoms with Crippen molar-refractivity contribution in [2.45, 2.75) is 13.8 Å². The normalized spacial score (nSPS) is 10.8. The summed E-state index contributed by atoms with van der Waals surface area (Å²) in [5.74, 6) is -0.335. The van der Waals surface area contributed by atoms with Crippen LogP contribution in [0.5, 0.6) is 5.75 Å². The Kier molecular flexibility index (Phi) is 2.42. The summed E-state index contributed by atoms with van der Waals surface area (Å²) in [6.45, 7) is 3.28. The number of rotatable bonds is 2. The monoisotopic (exact) mass is 221 g/mol. The molecule has 2 rings (SSSR count). The average molecular weight is 221 g/mol. The molecule has 0 amide bonds. The van der Waals surface area contributed by atoms with Crippen molar-refractivity contribution in [2.24, 2.45) is 0 Å². The first-order valence-electron chi connectivity index (χ1n) is 4.91. The van der Waals surface area contributed by atoms with Gasteiger partial charge in [-0.25, -0.2) is 4.39 Å². The van der Waals surface area contributed by atoms with Gasteiger partial charge in [-0.1, -0.05) is 0 Å². The molecule has 0 bridgehead atoms. The molecule has 3 nitrogen and oxygen atoms in total. The SMILES string of the molecule is COc1cc2c(C(C)=O)c(C)[nH]c2cc1F. The number of fused-ring (bicyclic) bond motifs is 1. The smallest absolute Gasteiger partial charge is 0.167 e. The van der Waals surface area contributed by atoms with Crippen molar-refractivity contribution >= 4 is 16.7 Å². The van der Waals surface area contributed by atoms with Gasteiger partial charge in [0.1, 0.15) is 0 Å². The van der Waals surface area contributed by atoms with Gasteiger partial charge < -0.3 is 9.72 Å². The average Bonchev–Trinajstić information content (AvgIpc) is 2.51. The number of nitrogens with one attached hydrogen (secondary N) is 1. The Bertz CT molecular complexity index is 572. The Morgan fingerprint density at radius 1 is 1.44 bits per heavy atom. The third-order valence-electron chi connectivity index (χ3n) is 2.61. The molecular weight excluding hydrogens is 209 g/mol. The molecule has 1 heterocycles. The van der Waals surface area contributed by atoms with Crippen molar-refractivity contribution in [1.29, 1.82) is 0 Å². The van der Waals surface area contributed by atoms with Crippen LogP contribution in [0, 0.1) is 12.7 Å². The van der Waals surface area contributed by atoms with Gasteiger partial charge in [0.05, 0.1) is 7.11 Å². The maximum absolute atomic E-state index is 13.4. The molecule has 0 radical (unpaired) electrons. The summed E-state index contributed by atoms with van der Waals surface area (Å²) >= 11 is 0. The molecule has 84 valence electrons. The third kappa shape index (κ3) is 1.46. The Labute approximate surface area is 92.2 Å². The number of aromatic nitrogens is 1. The summed E-state index contributed by atoms with van der Waals surface area (Å²) in [5.41, 5.74) is 1.95. The highest BCUT2D eigenvalue weighted by molar-refractivity contribution is 6.08. The fourth-order valence-corrected chi connectivity index (χ4v) is 1.94. The van der Waals surface area contributed by atoms with Crippen molar-refractivity contribution in [3.63, 3.8) is 0 Å². The molecule has 1 aromatic heterocycles. The van der Waals surface area contributed by atoms with Gasteiger partial charge in [0.25, 0.3) is 0 Å². The number of benzene rings is 1. The molecule has 16 heavy (non-hydrogen) atoms. The number of hydrogen-bond donors (Lipinski definition) is 1. The molecular formula is C12H12FNO2. The number of methoxy groups -OCH3 is 1. The molecule has 4 heteroatoms. The predicted octanol–water partition coefficient (Wildman–Crippen LogP) is 2.83. The maximum atomic E-state index is 13.4.